The average molecular weight is 256 g/mol. The first kappa shape index (κ1) is 13.8. The fourth-order valence-corrected chi connectivity index (χ4v) is 1.65. The van der Waals surface area contributed by atoms with E-state index in [1.54, 1.807) is 12.1 Å². The van der Waals surface area contributed by atoms with Gasteiger partial charge in [-0.15, -0.1) is 0 Å². The fraction of sp³-hybridized carbons (Fsp3) is 0.333. The summed E-state index contributed by atoms with van der Waals surface area (Å²) in [6.07, 6.45) is 0. The van der Waals surface area contributed by atoms with Gasteiger partial charge in [-0.25, -0.2) is 0 Å². The first-order valence-electron chi connectivity index (χ1n) is 3.89. The molecule has 14 heavy (non-hydrogen) atoms. The van der Waals surface area contributed by atoms with Crippen LogP contribution in [0.15, 0.2) is 12.1 Å². The Balaban J connectivity index is 0.00000169. The van der Waals surface area contributed by atoms with E-state index in [0.717, 1.165) is 5.69 Å². The molecule has 0 fully saturated rings. The van der Waals surface area contributed by atoms with Crippen molar-refractivity contribution in [3.05, 3.63) is 22.2 Å². The van der Waals surface area contributed by atoms with Gasteiger partial charge in [0.25, 0.3) is 0 Å². The summed E-state index contributed by atoms with van der Waals surface area (Å²) < 4.78 is 0.624. The molecule has 1 aromatic carbocycles. The molecule has 0 spiro atoms. The summed E-state index contributed by atoms with van der Waals surface area (Å²) in [5.74, 6) is 0. The number of hydrogen-bond acceptors (Lipinski definition) is 1. The van der Waals surface area contributed by atoms with Crippen LogP contribution in [0.2, 0.25) is 10.0 Å². The lowest BCUT2D eigenvalue weighted by molar-refractivity contribution is -0.00000282. The number of rotatable bonds is 1. The van der Waals surface area contributed by atoms with Crippen LogP contribution in [0, 0.1) is 0 Å². The fourth-order valence-electron chi connectivity index (χ4n) is 1.07. The number of nitrogen functional groups attached to an aromatic ring is 1. The smallest absolute Gasteiger partial charge is 0.152 e. The SMILES string of the molecule is C[N+](C)(C)c1cc(Cl)c(N)cc1Cl.[Cl-]. The van der Waals surface area contributed by atoms with Gasteiger partial charge >= 0.3 is 0 Å². The van der Waals surface area contributed by atoms with Gasteiger partial charge < -0.3 is 18.1 Å². The topological polar surface area (TPSA) is 26.0 Å². The predicted octanol–water partition coefficient (Wildman–Crippen LogP) is -0.224. The largest absolute Gasteiger partial charge is 1.00 e. The van der Waals surface area contributed by atoms with Gasteiger partial charge in [-0.1, -0.05) is 23.2 Å². The summed E-state index contributed by atoms with van der Waals surface area (Å²) in [6, 6.07) is 3.49. The van der Waals surface area contributed by atoms with Crippen molar-refractivity contribution < 1.29 is 12.4 Å². The van der Waals surface area contributed by atoms with Crippen molar-refractivity contribution in [3.8, 4) is 0 Å². The average Bonchev–Trinajstić information content (AvgIpc) is 1.94. The molecular formula is C9H13Cl3N2. The molecule has 5 heteroatoms. The number of quaternary nitrogens is 1. The summed E-state index contributed by atoms with van der Waals surface area (Å²) in [5, 5.41) is 1.20. The van der Waals surface area contributed by atoms with Gasteiger partial charge in [0.05, 0.1) is 31.9 Å². The summed E-state index contributed by atoms with van der Waals surface area (Å²) in [4.78, 5) is 0. The minimum atomic E-state index is 0. The van der Waals surface area contributed by atoms with Crippen LogP contribution in [0.4, 0.5) is 11.4 Å². The van der Waals surface area contributed by atoms with Crippen molar-refractivity contribution in [1.82, 2.24) is 4.48 Å². The molecule has 0 amide bonds. The second-order valence-electron chi connectivity index (χ2n) is 3.84. The normalized spacial score (nSPS) is 10.9. The van der Waals surface area contributed by atoms with Crippen LogP contribution in [-0.4, -0.2) is 21.1 Å². The van der Waals surface area contributed by atoms with Crippen LogP contribution in [0.3, 0.4) is 0 Å². The van der Waals surface area contributed by atoms with Gasteiger partial charge in [-0.2, -0.15) is 0 Å². The third-order valence-electron chi connectivity index (χ3n) is 1.79. The van der Waals surface area contributed by atoms with Gasteiger partial charge in [0, 0.05) is 6.07 Å². The van der Waals surface area contributed by atoms with Crippen molar-refractivity contribution in [3.63, 3.8) is 0 Å². The van der Waals surface area contributed by atoms with Crippen LogP contribution in [-0.2, 0) is 0 Å². The molecule has 0 aliphatic carbocycles. The van der Waals surface area contributed by atoms with Crippen molar-refractivity contribution in [2.75, 3.05) is 26.9 Å². The highest BCUT2D eigenvalue weighted by Crippen LogP contribution is 2.34. The Bertz CT molecular complexity index is 332. The lowest BCUT2D eigenvalue weighted by Gasteiger charge is -2.24. The summed E-state index contributed by atoms with van der Waals surface area (Å²) in [7, 11) is 6.06. The van der Waals surface area contributed by atoms with Crippen molar-refractivity contribution in [1.29, 1.82) is 0 Å². The molecule has 0 unspecified atom stereocenters. The Labute approximate surface area is 101 Å². The molecular weight excluding hydrogens is 242 g/mol. The molecule has 1 aromatic rings. The van der Waals surface area contributed by atoms with Crippen LogP contribution in [0.25, 0.3) is 0 Å². The van der Waals surface area contributed by atoms with E-state index >= 15 is 0 Å². The standard InChI is InChI=1S/C9H13Cl2N2.ClH/c1-13(2,3)9-5-6(10)8(12)4-7(9)11;/h4-5H,12H2,1-3H3;1H/q+1;/p-1. The zero-order valence-corrected chi connectivity index (χ0v) is 10.6. The Kier molecular flexibility index (Phi) is 4.53. The minimum Gasteiger partial charge on any atom is -1.00 e. The lowest BCUT2D eigenvalue weighted by atomic mass is 10.2. The maximum absolute atomic E-state index is 6.03. The van der Waals surface area contributed by atoms with Crippen LogP contribution >= 0.6 is 23.2 Å². The molecule has 80 valence electrons. The van der Waals surface area contributed by atoms with E-state index in [-0.39, 0.29) is 12.4 Å². The predicted molar refractivity (Wildman–Crippen MR) is 60.4 cm³/mol. The van der Waals surface area contributed by atoms with Crippen LogP contribution in [0.1, 0.15) is 0 Å². The Hall–Kier alpha value is -0.150. The van der Waals surface area contributed by atoms with E-state index in [0.29, 0.717) is 20.2 Å². The van der Waals surface area contributed by atoms with E-state index < -0.39 is 0 Å². The molecule has 0 atom stereocenters. The monoisotopic (exact) mass is 254 g/mol. The lowest BCUT2D eigenvalue weighted by Crippen LogP contribution is -3.00. The van der Waals surface area contributed by atoms with Crippen LogP contribution < -0.4 is 22.6 Å². The molecule has 0 saturated heterocycles. The Morgan fingerprint density at radius 3 is 2.00 bits per heavy atom. The maximum atomic E-state index is 6.03. The number of nitrogens with zero attached hydrogens (tertiary/aromatic N) is 1. The van der Waals surface area contributed by atoms with Gasteiger partial charge in [0.2, 0.25) is 0 Å². The number of hydrogen-bond donors (Lipinski definition) is 1. The molecule has 0 aliphatic rings. The molecule has 1 rings (SSSR count). The van der Waals surface area contributed by atoms with Crippen molar-refractivity contribution in [2.45, 2.75) is 0 Å². The Morgan fingerprint density at radius 2 is 1.57 bits per heavy atom. The zero-order chi connectivity index (χ0) is 10.2. The quantitative estimate of drug-likeness (QED) is 0.545. The number of benzene rings is 1. The summed E-state index contributed by atoms with van der Waals surface area (Å²) >= 11 is 11.9. The van der Waals surface area contributed by atoms with E-state index in [4.69, 9.17) is 28.9 Å². The molecule has 0 heterocycles. The van der Waals surface area contributed by atoms with Crippen molar-refractivity contribution >= 4 is 34.6 Å². The van der Waals surface area contributed by atoms with Crippen molar-refractivity contribution in [2.24, 2.45) is 0 Å². The summed E-state index contributed by atoms with van der Waals surface area (Å²) in [5.41, 5.74) is 7.09. The summed E-state index contributed by atoms with van der Waals surface area (Å²) in [6.45, 7) is 0. The third-order valence-corrected chi connectivity index (χ3v) is 2.42. The van der Waals surface area contributed by atoms with E-state index in [9.17, 15) is 0 Å². The molecule has 0 aromatic heterocycles. The molecule has 0 aliphatic heterocycles. The number of nitrogens with two attached hydrogens (primary N) is 1. The highest BCUT2D eigenvalue weighted by atomic mass is 35.5. The maximum Gasteiger partial charge on any atom is 0.152 e. The van der Waals surface area contributed by atoms with Crippen LogP contribution in [0.5, 0.6) is 0 Å². The zero-order valence-electron chi connectivity index (χ0n) is 8.31. The second-order valence-corrected chi connectivity index (χ2v) is 4.65. The third kappa shape index (κ3) is 2.92. The van der Waals surface area contributed by atoms with Gasteiger partial charge in [-0.3, -0.25) is 4.48 Å². The molecule has 0 saturated carbocycles. The van der Waals surface area contributed by atoms with E-state index in [1.807, 2.05) is 21.1 Å². The minimum absolute atomic E-state index is 0. The molecule has 2 nitrogen and oxygen atoms in total. The number of anilines is 1. The highest BCUT2D eigenvalue weighted by Gasteiger charge is 2.18. The van der Waals surface area contributed by atoms with E-state index in [1.165, 1.54) is 0 Å². The van der Waals surface area contributed by atoms with Gasteiger partial charge in [0.1, 0.15) is 5.02 Å². The first-order chi connectivity index (χ1) is 5.82. The number of halogens is 3. The molecule has 0 bridgehead atoms. The van der Waals surface area contributed by atoms with Gasteiger partial charge in [0.15, 0.2) is 5.69 Å². The Morgan fingerprint density at radius 1 is 1.07 bits per heavy atom. The first-order valence-corrected chi connectivity index (χ1v) is 4.64. The molecule has 2 N–H and O–H groups in total. The highest BCUT2D eigenvalue weighted by molar-refractivity contribution is 6.36. The molecule has 0 radical (unpaired) electrons. The second kappa shape index (κ2) is 4.58. The van der Waals surface area contributed by atoms with Gasteiger partial charge in [-0.05, 0) is 6.07 Å². The van der Waals surface area contributed by atoms with E-state index in [2.05, 4.69) is 0 Å².